The van der Waals surface area contributed by atoms with Crippen molar-refractivity contribution in [2.45, 2.75) is 20.4 Å². The number of amides is 1. The summed E-state index contributed by atoms with van der Waals surface area (Å²) >= 11 is 1.46. The number of aryl methyl sites for hydroxylation is 2. The van der Waals surface area contributed by atoms with E-state index in [0.717, 1.165) is 33.1 Å². The van der Waals surface area contributed by atoms with Gasteiger partial charge in [-0.1, -0.05) is 30.3 Å². The number of carbonyl (C=O) groups is 1. The molecule has 2 aromatic heterocycles. The number of rotatable bonds is 4. The summed E-state index contributed by atoms with van der Waals surface area (Å²) in [4.78, 5) is 13.2. The van der Waals surface area contributed by atoms with Gasteiger partial charge in [0.15, 0.2) is 0 Å². The highest BCUT2D eigenvalue weighted by molar-refractivity contribution is 7.12. The van der Waals surface area contributed by atoms with Gasteiger partial charge in [0.1, 0.15) is 11.5 Å². The summed E-state index contributed by atoms with van der Waals surface area (Å²) < 4.78 is 5.48. The molecule has 1 N–H and O–H groups in total. The molecule has 0 aliphatic rings. The Balaban J connectivity index is 1.76. The number of hydrogen-bond acceptors (Lipinski definition) is 3. The smallest absolute Gasteiger partial charge is 0.262 e. The first-order valence-corrected chi connectivity index (χ1v) is 8.00. The molecule has 22 heavy (non-hydrogen) atoms. The van der Waals surface area contributed by atoms with Gasteiger partial charge in [-0.15, -0.1) is 11.3 Å². The molecule has 2 heterocycles. The fourth-order valence-electron chi connectivity index (χ4n) is 2.44. The van der Waals surface area contributed by atoms with Crippen LogP contribution in [-0.4, -0.2) is 5.91 Å². The summed E-state index contributed by atoms with van der Waals surface area (Å²) in [7, 11) is 0. The normalized spacial score (nSPS) is 10.6. The molecule has 0 radical (unpaired) electrons. The van der Waals surface area contributed by atoms with E-state index in [1.807, 2.05) is 61.7 Å². The maximum absolute atomic E-state index is 12.5. The third-order valence-electron chi connectivity index (χ3n) is 3.54. The van der Waals surface area contributed by atoms with Crippen LogP contribution in [0, 0.1) is 13.8 Å². The van der Waals surface area contributed by atoms with Gasteiger partial charge in [0.25, 0.3) is 5.91 Å². The van der Waals surface area contributed by atoms with Gasteiger partial charge in [-0.2, -0.15) is 0 Å². The van der Waals surface area contributed by atoms with Crippen LogP contribution in [0.25, 0.3) is 11.1 Å². The van der Waals surface area contributed by atoms with E-state index in [9.17, 15) is 4.79 Å². The second kappa shape index (κ2) is 6.20. The first-order chi connectivity index (χ1) is 10.6. The SMILES string of the molecule is Cc1cc(CNC(=O)c2sccc2-c2ccccc2)c(C)o1. The standard InChI is InChI=1S/C18H17NO2S/c1-12-10-15(13(2)21-12)11-19-18(20)17-16(8-9-22-17)14-6-4-3-5-7-14/h3-10H,11H2,1-2H3,(H,19,20). The molecule has 0 atom stereocenters. The quantitative estimate of drug-likeness (QED) is 0.767. The predicted octanol–water partition coefficient (Wildman–Crippen LogP) is 4.55. The zero-order chi connectivity index (χ0) is 15.5. The van der Waals surface area contributed by atoms with Crippen molar-refractivity contribution in [2.24, 2.45) is 0 Å². The number of carbonyl (C=O) groups excluding carboxylic acids is 1. The van der Waals surface area contributed by atoms with Gasteiger partial charge in [-0.3, -0.25) is 4.79 Å². The molecule has 0 spiro atoms. The van der Waals surface area contributed by atoms with Crippen molar-refractivity contribution in [3.05, 3.63) is 69.8 Å². The molecule has 0 unspecified atom stereocenters. The Kier molecular flexibility index (Phi) is 4.11. The first-order valence-electron chi connectivity index (χ1n) is 7.12. The maximum atomic E-state index is 12.5. The van der Waals surface area contributed by atoms with E-state index in [1.54, 1.807) is 0 Å². The molecule has 3 aromatic rings. The van der Waals surface area contributed by atoms with Crippen molar-refractivity contribution in [1.29, 1.82) is 0 Å². The van der Waals surface area contributed by atoms with Crippen LogP contribution >= 0.6 is 11.3 Å². The van der Waals surface area contributed by atoms with E-state index in [0.29, 0.717) is 6.54 Å². The lowest BCUT2D eigenvalue weighted by molar-refractivity contribution is 0.0955. The van der Waals surface area contributed by atoms with Crippen LogP contribution in [-0.2, 0) is 6.54 Å². The average molecular weight is 311 g/mol. The van der Waals surface area contributed by atoms with Gasteiger partial charge in [0.05, 0.1) is 4.88 Å². The summed E-state index contributed by atoms with van der Waals surface area (Å²) in [5.74, 6) is 1.67. The zero-order valence-electron chi connectivity index (χ0n) is 12.6. The minimum Gasteiger partial charge on any atom is -0.466 e. The number of thiophene rings is 1. The molecule has 112 valence electrons. The predicted molar refractivity (Wildman–Crippen MR) is 89.1 cm³/mol. The van der Waals surface area contributed by atoms with Crippen LogP contribution < -0.4 is 5.32 Å². The largest absolute Gasteiger partial charge is 0.466 e. The number of hydrogen-bond donors (Lipinski definition) is 1. The van der Waals surface area contributed by atoms with Crippen molar-refractivity contribution < 1.29 is 9.21 Å². The van der Waals surface area contributed by atoms with Crippen LogP contribution in [0.5, 0.6) is 0 Å². The summed E-state index contributed by atoms with van der Waals surface area (Å²) in [6.45, 7) is 4.30. The Labute approximate surface area is 133 Å². The summed E-state index contributed by atoms with van der Waals surface area (Å²) in [5.41, 5.74) is 3.05. The van der Waals surface area contributed by atoms with Crippen molar-refractivity contribution in [3.63, 3.8) is 0 Å². The molecular formula is C18H17NO2S. The van der Waals surface area contributed by atoms with Crippen LogP contribution in [0.15, 0.2) is 52.3 Å². The monoisotopic (exact) mass is 311 g/mol. The van der Waals surface area contributed by atoms with Crippen molar-refractivity contribution in [1.82, 2.24) is 5.32 Å². The van der Waals surface area contributed by atoms with Crippen molar-refractivity contribution in [3.8, 4) is 11.1 Å². The highest BCUT2D eigenvalue weighted by Crippen LogP contribution is 2.28. The number of nitrogens with one attached hydrogen (secondary N) is 1. The molecule has 0 fully saturated rings. The van der Waals surface area contributed by atoms with Crippen LogP contribution in [0.4, 0.5) is 0 Å². The molecule has 4 heteroatoms. The van der Waals surface area contributed by atoms with Crippen molar-refractivity contribution in [2.75, 3.05) is 0 Å². The van der Waals surface area contributed by atoms with E-state index in [4.69, 9.17) is 4.42 Å². The number of benzene rings is 1. The number of furan rings is 1. The summed E-state index contributed by atoms with van der Waals surface area (Å²) in [5, 5.41) is 4.93. The fourth-order valence-corrected chi connectivity index (χ4v) is 3.28. The van der Waals surface area contributed by atoms with Crippen LogP contribution in [0.2, 0.25) is 0 Å². The lowest BCUT2D eigenvalue weighted by atomic mass is 10.1. The van der Waals surface area contributed by atoms with Gasteiger partial charge >= 0.3 is 0 Å². The minimum atomic E-state index is -0.0490. The van der Waals surface area contributed by atoms with Gasteiger partial charge < -0.3 is 9.73 Å². The molecular weight excluding hydrogens is 294 g/mol. The van der Waals surface area contributed by atoms with Gasteiger partial charge in [-0.05, 0) is 36.9 Å². The lowest BCUT2D eigenvalue weighted by Gasteiger charge is -2.06. The Bertz CT molecular complexity index is 787. The molecule has 0 saturated heterocycles. The maximum Gasteiger partial charge on any atom is 0.262 e. The molecule has 1 amide bonds. The average Bonchev–Trinajstić information content (AvgIpc) is 3.12. The second-order valence-corrected chi connectivity index (χ2v) is 6.07. The Hall–Kier alpha value is -2.33. The van der Waals surface area contributed by atoms with E-state index in [1.165, 1.54) is 11.3 Å². The zero-order valence-corrected chi connectivity index (χ0v) is 13.4. The van der Waals surface area contributed by atoms with Gasteiger partial charge in [0, 0.05) is 17.7 Å². The van der Waals surface area contributed by atoms with E-state index in [-0.39, 0.29) is 5.91 Å². The summed E-state index contributed by atoms with van der Waals surface area (Å²) in [6, 6.07) is 13.9. The Morgan fingerprint density at radius 3 is 2.64 bits per heavy atom. The Morgan fingerprint density at radius 1 is 1.18 bits per heavy atom. The molecule has 0 aliphatic heterocycles. The topological polar surface area (TPSA) is 42.2 Å². The lowest BCUT2D eigenvalue weighted by Crippen LogP contribution is -2.22. The van der Waals surface area contributed by atoms with E-state index < -0.39 is 0 Å². The molecule has 3 nitrogen and oxygen atoms in total. The van der Waals surface area contributed by atoms with Crippen LogP contribution in [0.1, 0.15) is 26.8 Å². The molecule has 0 saturated carbocycles. The van der Waals surface area contributed by atoms with Crippen molar-refractivity contribution >= 4 is 17.2 Å². The molecule has 1 aromatic carbocycles. The highest BCUT2D eigenvalue weighted by atomic mass is 32.1. The Morgan fingerprint density at radius 2 is 1.95 bits per heavy atom. The van der Waals surface area contributed by atoms with E-state index >= 15 is 0 Å². The van der Waals surface area contributed by atoms with Gasteiger partial charge in [0.2, 0.25) is 0 Å². The van der Waals surface area contributed by atoms with E-state index in [2.05, 4.69) is 5.32 Å². The molecule has 3 rings (SSSR count). The third kappa shape index (κ3) is 2.97. The molecule has 0 aliphatic carbocycles. The minimum absolute atomic E-state index is 0.0490. The second-order valence-electron chi connectivity index (χ2n) is 5.15. The fraction of sp³-hybridized carbons (Fsp3) is 0.167. The van der Waals surface area contributed by atoms with Crippen LogP contribution in [0.3, 0.4) is 0 Å². The first kappa shape index (κ1) is 14.6. The third-order valence-corrected chi connectivity index (χ3v) is 4.45. The van der Waals surface area contributed by atoms with Gasteiger partial charge in [-0.25, -0.2) is 0 Å². The highest BCUT2D eigenvalue weighted by Gasteiger charge is 2.15. The molecule has 0 bridgehead atoms. The summed E-state index contributed by atoms with van der Waals surface area (Å²) in [6.07, 6.45) is 0.